The Morgan fingerprint density at radius 1 is 1.31 bits per heavy atom. The van der Waals surface area contributed by atoms with Gasteiger partial charge in [0.25, 0.3) is 0 Å². The molecule has 0 spiro atoms. The van der Waals surface area contributed by atoms with E-state index in [-0.39, 0.29) is 12.4 Å². The third-order valence-corrected chi connectivity index (χ3v) is 3.20. The van der Waals surface area contributed by atoms with E-state index in [4.69, 9.17) is 5.11 Å². The number of carboxylic acids is 1. The summed E-state index contributed by atoms with van der Waals surface area (Å²) in [7, 11) is 0. The molecule has 0 aromatic carbocycles. The largest absolute Gasteiger partial charge is 0.480 e. The summed E-state index contributed by atoms with van der Waals surface area (Å²) in [5, 5.41) is 12.3. The van der Waals surface area contributed by atoms with Gasteiger partial charge in [0.15, 0.2) is 0 Å². The van der Waals surface area contributed by atoms with Gasteiger partial charge >= 0.3 is 5.97 Å². The first-order chi connectivity index (χ1) is 5.73. The molecular weight excluding hydrogens is 190 g/mol. The van der Waals surface area contributed by atoms with Crippen molar-refractivity contribution in [3.8, 4) is 0 Å². The summed E-state index contributed by atoms with van der Waals surface area (Å²) in [6.45, 7) is 0. The van der Waals surface area contributed by atoms with E-state index in [1.807, 2.05) is 0 Å². The lowest BCUT2D eigenvalue weighted by molar-refractivity contribution is -0.148. The molecule has 0 saturated carbocycles. The van der Waals surface area contributed by atoms with Crippen molar-refractivity contribution in [2.24, 2.45) is 0 Å². The van der Waals surface area contributed by atoms with Crippen LogP contribution in [0, 0.1) is 0 Å². The minimum Gasteiger partial charge on any atom is -0.480 e. The van der Waals surface area contributed by atoms with Crippen molar-refractivity contribution < 1.29 is 9.90 Å². The van der Waals surface area contributed by atoms with Gasteiger partial charge in [-0.25, -0.2) is 0 Å². The maximum absolute atomic E-state index is 11.0. The first kappa shape index (κ1) is 10.8. The molecule has 2 rings (SSSR count). The molecule has 2 fully saturated rings. The van der Waals surface area contributed by atoms with Crippen molar-refractivity contribution in [3.63, 3.8) is 0 Å². The van der Waals surface area contributed by atoms with E-state index >= 15 is 0 Å². The van der Waals surface area contributed by atoms with E-state index in [0.29, 0.717) is 6.04 Å². The number of hydrogen-bond donors (Lipinski definition) is 2. The number of rotatable bonds is 1. The minimum absolute atomic E-state index is 0. The van der Waals surface area contributed by atoms with E-state index in [2.05, 4.69) is 5.32 Å². The molecule has 2 N–H and O–H groups in total. The fraction of sp³-hybridized carbons (Fsp3) is 0.889. The second-order valence-electron chi connectivity index (χ2n) is 4.01. The third kappa shape index (κ3) is 1.81. The lowest BCUT2D eigenvalue weighted by atomic mass is 9.76. The monoisotopic (exact) mass is 205 g/mol. The second kappa shape index (κ2) is 3.84. The smallest absolute Gasteiger partial charge is 0.323 e. The second-order valence-corrected chi connectivity index (χ2v) is 4.01. The maximum atomic E-state index is 11.0. The zero-order chi connectivity index (χ0) is 8.60. The van der Waals surface area contributed by atoms with Crippen LogP contribution in [0.4, 0.5) is 0 Å². The van der Waals surface area contributed by atoms with E-state index in [1.165, 1.54) is 0 Å². The van der Waals surface area contributed by atoms with Gasteiger partial charge in [0.1, 0.15) is 5.54 Å². The minimum atomic E-state index is -0.646. The Hall–Kier alpha value is -0.280. The molecule has 2 heterocycles. The molecule has 0 aromatic rings. The first-order valence-electron chi connectivity index (χ1n) is 4.74. The highest BCUT2D eigenvalue weighted by atomic mass is 35.5. The highest BCUT2D eigenvalue weighted by Gasteiger charge is 2.44. The Bertz CT molecular complexity index is 198. The molecule has 2 aliphatic rings. The summed E-state index contributed by atoms with van der Waals surface area (Å²) in [6.07, 6.45) is 6.11. The molecule has 2 bridgehead atoms. The van der Waals surface area contributed by atoms with Crippen LogP contribution in [0.15, 0.2) is 0 Å². The van der Waals surface area contributed by atoms with Gasteiger partial charge in [-0.1, -0.05) is 0 Å². The topological polar surface area (TPSA) is 49.3 Å². The van der Waals surface area contributed by atoms with Crippen molar-refractivity contribution in [1.29, 1.82) is 0 Å². The van der Waals surface area contributed by atoms with Crippen LogP contribution in [0.3, 0.4) is 0 Å². The molecule has 2 saturated heterocycles. The average Bonchev–Trinajstić information content (AvgIpc) is 2.04. The predicted molar refractivity (Wildman–Crippen MR) is 52.2 cm³/mol. The van der Waals surface area contributed by atoms with Crippen molar-refractivity contribution in [2.75, 3.05) is 0 Å². The fourth-order valence-corrected chi connectivity index (χ4v) is 2.52. The lowest BCUT2D eigenvalue weighted by Gasteiger charge is -2.43. The number of hydrogen-bond acceptors (Lipinski definition) is 2. The van der Waals surface area contributed by atoms with E-state index < -0.39 is 11.5 Å². The Labute approximate surface area is 84.3 Å². The number of halogens is 1. The molecular formula is C9H16ClNO2. The number of fused-ring (bicyclic) bond motifs is 2. The number of carbonyl (C=O) groups is 1. The van der Waals surface area contributed by atoms with Crippen LogP contribution >= 0.6 is 12.4 Å². The van der Waals surface area contributed by atoms with Gasteiger partial charge < -0.3 is 5.11 Å². The van der Waals surface area contributed by atoms with Crippen LogP contribution in [0.1, 0.15) is 38.5 Å². The number of nitrogens with one attached hydrogen (secondary N) is 1. The van der Waals surface area contributed by atoms with Crippen molar-refractivity contribution >= 4 is 18.4 Å². The van der Waals surface area contributed by atoms with Gasteiger partial charge in [-0.2, -0.15) is 0 Å². The molecule has 0 aromatic heterocycles. The molecule has 0 radical (unpaired) electrons. The van der Waals surface area contributed by atoms with Crippen molar-refractivity contribution in [2.45, 2.75) is 50.1 Å². The molecule has 76 valence electrons. The quantitative estimate of drug-likeness (QED) is 0.683. The number of aliphatic carboxylic acids is 1. The highest BCUT2D eigenvalue weighted by Crippen LogP contribution is 2.33. The predicted octanol–water partition coefficient (Wildman–Crippen LogP) is 1.56. The van der Waals surface area contributed by atoms with Crippen LogP contribution in [-0.4, -0.2) is 22.7 Å². The molecule has 0 aliphatic carbocycles. The van der Waals surface area contributed by atoms with Gasteiger partial charge in [-0.05, 0) is 38.5 Å². The summed E-state index contributed by atoms with van der Waals surface area (Å²) >= 11 is 0. The molecule has 2 aliphatic heterocycles. The fourth-order valence-electron chi connectivity index (χ4n) is 2.52. The van der Waals surface area contributed by atoms with Crippen LogP contribution in [-0.2, 0) is 4.79 Å². The third-order valence-electron chi connectivity index (χ3n) is 3.20. The van der Waals surface area contributed by atoms with Gasteiger partial charge in [0, 0.05) is 6.04 Å². The van der Waals surface area contributed by atoms with Gasteiger partial charge in [-0.3, -0.25) is 10.1 Å². The zero-order valence-corrected chi connectivity index (χ0v) is 8.40. The zero-order valence-electron chi connectivity index (χ0n) is 7.58. The molecule has 3 nitrogen and oxygen atoms in total. The Kier molecular flexibility index (Phi) is 3.19. The van der Waals surface area contributed by atoms with Crippen molar-refractivity contribution in [1.82, 2.24) is 5.32 Å². The molecule has 0 amide bonds. The summed E-state index contributed by atoms with van der Waals surface area (Å²) in [6, 6.07) is 0.476. The van der Waals surface area contributed by atoms with Gasteiger partial charge in [-0.15, -0.1) is 12.4 Å². The molecule has 0 unspecified atom stereocenters. The number of piperidine rings is 2. The summed E-state index contributed by atoms with van der Waals surface area (Å²) in [4.78, 5) is 11.0. The average molecular weight is 206 g/mol. The summed E-state index contributed by atoms with van der Waals surface area (Å²) in [5.74, 6) is -0.646. The standard InChI is InChI=1S/C9H15NO2.ClH/c11-8(12)9-5-1-3-7(10-9)4-2-6-9;/h7,10H,1-6H2,(H,11,12);1H. The van der Waals surface area contributed by atoms with Gasteiger partial charge in [0.05, 0.1) is 0 Å². The first-order valence-corrected chi connectivity index (χ1v) is 4.74. The Morgan fingerprint density at radius 3 is 2.23 bits per heavy atom. The summed E-state index contributed by atoms with van der Waals surface area (Å²) < 4.78 is 0. The van der Waals surface area contributed by atoms with Crippen LogP contribution in [0.5, 0.6) is 0 Å². The highest BCUT2D eigenvalue weighted by molar-refractivity contribution is 5.85. The van der Waals surface area contributed by atoms with E-state index in [1.54, 1.807) is 0 Å². The van der Waals surface area contributed by atoms with E-state index in [9.17, 15) is 4.79 Å². The SMILES string of the molecule is Cl.O=C(O)C12CCCC(CCC1)N2. The summed E-state index contributed by atoms with van der Waals surface area (Å²) in [5.41, 5.74) is -0.554. The van der Waals surface area contributed by atoms with E-state index in [0.717, 1.165) is 38.5 Å². The van der Waals surface area contributed by atoms with Crippen LogP contribution < -0.4 is 5.32 Å². The molecule has 4 heteroatoms. The molecule has 0 atom stereocenters. The lowest BCUT2D eigenvalue weighted by Crippen LogP contribution is -2.61. The van der Waals surface area contributed by atoms with Crippen molar-refractivity contribution in [3.05, 3.63) is 0 Å². The van der Waals surface area contributed by atoms with Crippen LogP contribution in [0.25, 0.3) is 0 Å². The maximum Gasteiger partial charge on any atom is 0.323 e. The number of carboxylic acid groups (broad SMARTS) is 1. The Balaban J connectivity index is 0.000000845. The van der Waals surface area contributed by atoms with Gasteiger partial charge in [0.2, 0.25) is 0 Å². The normalized spacial score (nSPS) is 37.7. The Morgan fingerprint density at radius 2 is 1.85 bits per heavy atom. The molecule has 13 heavy (non-hydrogen) atoms. The van der Waals surface area contributed by atoms with Crippen LogP contribution in [0.2, 0.25) is 0 Å².